The van der Waals surface area contributed by atoms with Gasteiger partial charge in [0, 0.05) is 32.7 Å². The van der Waals surface area contributed by atoms with Crippen molar-refractivity contribution >= 4 is 5.91 Å². The number of likely N-dealkylation sites (N-methyl/N-ethyl adjacent to an activating group) is 1. The first-order valence-corrected chi connectivity index (χ1v) is 8.80. The molecule has 132 valence electrons. The molecule has 0 N–H and O–H groups in total. The highest BCUT2D eigenvalue weighted by Crippen LogP contribution is 2.37. The molecule has 2 aliphatic heterocycles. The minimum atomic E-state index is -0.743. The fourth-order valence-corrected chi connectivity index (χ4v) is 3.90. The number of rotatable bonds is 3. The molecule has 1 aromatic carbocycles. The Morgan fingerprint density at radius 2 is 1.79 bits per heavy atom. The third-order valence-corrected chi connectivity index (χ3v) is 5.22. The van der Waals surface area contributed by atoms with E-state index in [0.29, 0.717) is 6.54 Å². The molecule has 24 heavy (non-hydrogen) atoms. The average Bonchev–Trinajstić information content (AvgIpc) is 2.55. The van der Waals surface area contributed by atoms with Crippen molar-refractivity contribution in [3.8, 4) is 0 Å². The average molecular weight is 334 g/mol. The summed E-state index contributed by atoms with van der Waals surface area (Å²) in [5.41, 5.74) is 0.155. The van der Waals surface area contributed by atoms with Crippen LogP contribution in [-0.4, -0.2) is 53.1 Å². The number of hydrogen-bond donors (Lipinski definition) is 0. The predicted octanol–water partition coefficient (Wildman–Crippen LogP) is 2.82. The fourth-order valence-electron chi connectivity index (χ4n) is 3.90. The Bertz CT molecular complexity index is 592. The summed E-state index contributed by atoms with van der Waals surface area (Å²) >= 11 is 0. The van der Waals surface area contributed by atoms with E-state index in [1.165, 1.54) is 12.1 Å². The number of hydrogen-bond acceptors (Lipinski definition) is 3. The first-order valence-electron chi connectivity index (χ1n) is 8.80. The van der Waals surface area contributed by atoms with E-state index in [9.17, 15) is 9.18 Å². The first-order chi connectivity index (χ1) is 11.3. The van der Waals surface area contributed by atoms with E-state index in [1.54, 1.807) is 0 Å². The molecular formula is C19H27FN2O2. The van der Waals surface area contributed by atoms with Crippen molar-refractivity contribution in [1.82, 2.24) is 9.80 Å². The molecule has 1 aromatic rings. The molecule has 0 aromatic heterocycles. The highest BCUT2D eigenvalue weighted by molar-refractivity contribution is 5.85. The van der Waals surface area contributed by atoms with Gasteiger partial charge in [-0.3, -0.25) is 9.69 Å². The zero-order valence-electron chi connectivity index (χ0n) is 14.8. The summed E-state index contributed by atoms with van der Waals surface area (Å²) in [4.78, 5) is 16.7. The highest BCUT2D eigenvalue weighted by Gasteiger charge is 2.50. The molecular weight excluding hydrogens is 307 g/mol. The summed E-state index contributed by atoms with van der Waals surface area (Å²) < 4.78 is 19.3. The van der Waals surface area contributed by atoms with E-state index in [0.717, 1.165) is 44.6 Å². The summed E-state index contributed by atoms with van der Waals surface area (Å²) in [5.74, 6) is -0.108. The van der Waals surface area contributed by atoms with Crippen LogP contribution in [0.4, 0.5) is 4.39 Å². The van der Waals surface area contributed by atoms with Crippen molar-refractivity contribution in [2.75, 3.05) is 26.2 Å². The fraction of sp³-hybridized carbons (Fsp3) is 0.632. The van der Waals surface area contributed by atoms with E-state index in [2.05, 4.69) is 4.90 Å². The van der Waals surface area contributed by atoms with Crippen molar-refractivity contribution in [3.05, 3.63) is 35.6 Å². The molecule has 0 saturated carbocycles. The number of ether oxygens (including phenoxy) is 1. The molecule has 4 nitrogen and oxygen atoms in total. The lowest BCUT2D eigenvalue weighted by atomic mass is 9.86. The molecule has 1 amide bonds. The van der Waals surface area contributed by atoms with Crippen LogP contribution in [0.2, 0.25) is 0 Å². The number of carbonyl (C=O) groups is 1. The minimum Gasteiger partial charge on any atom is -0.357 e. The second kappa shape index (κ2) is 6.45. The van der Waals surface area contributed by atoms with Crippen LogP contribution in [0.1, 0.15) is 39.2 Å². The molecule has 2 aliphatic rings. The number of amides is 1. The Balaban J connectivity index is 1.63. The second-order valence-electron chi connectivity index (χ2n) is 7.52. The standard InChI is InChI=1S/C19H27FN2O2/c1-4-22-14-19(24-18(2,3)17(22)23)9-11-21(12-10-19)13-15-5-7-16(20)8-6-15/h5-8H,4,9-14H2,1-3H3. The Morgan fingerprint density at radius 1 is 1.17 bits per heavy atom. The van der Waals surface area contributed by atoms with Crippen LogP contribution in [0.3, 0.4) is 0 Å². The van der Waals surface area contributed by atoms with Gasteiger partial charge in [0.15, 0.2) is 0 Å². The van der Waals surface area contributed by atoms with Crippen LogP contribution >= 0.6 is 0 Å². The van der Waals surface area contributed by atoms with Gasteiger partial charge in [-0.1, -0.05) is 12.1 Å². The van der Waals surface area contributed by atoms with Gasteiger partial charge in [-0.15, -0.1) is 0 Å². The number of likely N-dealkylation sites (tertiary alicyclic amines) is 1. The summed E-state index contributed by atoms with van der Waals surface area (Å²) in [6.45, 7) is 9.89. The zero-order valence-corrected chi connectivity index (χ0v) is 14.8. The number of benzene rings is 1. The highest BCUT2D eigenvalue weighted by atomic mass is 19.1. The van der Waals surface area contributed by atoms with Crippen LogP contribution in [0.25, 0.3) is 0 Å². The molecule has 0 unspecified atom stereocenters. The Morgan fingerprint density at radius 3 is 2.38 bits per heavy atom. The van der Waals surface area contributed by atoms with Crippen LogP contribution < -0.4 is 0 Å². The SMILES string of the molecule is CCN1CC2(CCN(Cc3ccc(F)cc3)CC2)OC(C)(C)C1=O. The van der Waals surface area contributed by atoms with Crippen molar-refractivity contribution < 1.29 is 13.9 Å². The van der Waals surface area contributed by atoms with E-state index < -0.39 is 5.60 Å². The molecule has 2 saturated heterocycles. The van der Waals surface area contributed by atoms with Gasteiger partial charge in [0.25, 0.3) is 5.91 Å². The van der Waals surface area contributed by atoms with Gasteiger partial charge < -0.3 is 9.64 Å². The summed E-state index contributed by atoms with van der Waals surface area (Å²) in [6.07, 6.45) is 1.84. The molecule has 1 spiro atoms. The Hall–Kier alpha value is -1.46. The molecule has 0 radical (unpaired) electrons. The molecule has 2 fully saturated rings. The summed E-state index contributed by atoms with van der Waals surface area (Å²) in [7, 11) is 0. The molecule has 0 bridgehead atoms. The topological polar surface area (TPSA) is 32.8 Å². The number of morpholine rings is 1. The molecule has 0 atom stereocenters. The van der Waals surface area contributed by atoms with E-state index in [4.69, 9.17) is 4.74 Å². The van der Waals surface area contributed by atoms with Gasteiger partial charge in [-0.05, 0) is 51.3 Å². The normalized spacial score (nSPS) is 23.7. The largest absolute Gasteiger partial charge is 0.357 e. The minimum absolute atomic E-state index is 0.0874. The zero-order chi connectivity index (χ0) is 17.4. The number of piperidine rings is 1. The van der Waals surface area contributed by atoms with Crippen LogP contribution in [0.15, 0.2) is 24.3 Å². The van der Waals surface area contributed by atoms with Gasteiger partial charge in [-0.2, -0.15) is 0 Å². The Kier molecular flexibility index (Phi) is 4.67. The summed E-state index contributed by atoms with van der Waals surface area (Å²) in [5, 5.41) is 0. The van der Waals surface area contributed by atoms with Gasteiger partial charge in [0.1, 0.15) is 11.4 Å². The molecule has 3 rings (SSSR count). The van der Waals surface area contributed by atoms with Crippen molar-refractivity contribution in [3.63, 3.8) is 0 Å². The van der Waals surface area contributed by atoms with E-state index in [-0.39, 0.29) is 17.3 Å². The third-order valence-electron chi connectivity index (χ3n) is 5.22. The van der Waals surface area contributed by atoms with Crippen LogP contribution in [0, 0.1) is 5.82 Å². The van der Waals surface area contributed by atoms with E-state index in [1.807, 2.05) is 37.8 Å². The first kappa shape index (κ1) is 17.4. The number of carbonyl (C=O) groups excluding carboxylic acids is 1. The van der Waals surface area contributed by atoms with Gasteiger partial charge in [-0.25, -0.2) is 4.39 Å². The molecule has 5 heteroatoms. The third kappa shape index (κ3) is 3.47. The van der Waals surface area contributed by atoms with E-state index >= 15 is 0 Å². The lowest BCUT2D eigenvalue weighted by Crippen LogP contribution is -2.65. The predicted molar refractivity (Wildman–Crippen MR) is 91.1 cm³/mol. The summed E-state index contributed by atoms with van der Waals surface area (Å²) in [6, 6.07) is 6.71. The lowest BCUT2D eigenvalue weighted by Gasteiger charge is -2.52. The maximum absolute atomic E-state index is 13.0. The maximum atomic E-state index is 13.0. The monoisotopic (exact) mass is 334 g/mol. The van der Waals surface area contributed by atoms with Gasteiger partial charge >= 0.3 is 0 Å². The number of halogens is 1. The quantitative estimate of drug-likeness (QED) is 0.852. The second-order valence-corrected chi connectivity index (χ2v) is 7.52. The Labute approximate surface area is 143 Å². The number of nitrogens with zero attached hydrogens (tertiary/aromatic N) is 2. The van der Waals surface area contributed by atoms with Gasteiger partial charge in [0.2, 0.25) is 0 Å². The van der Waals surface area contributed by atoms with Crippen LogP contribution in [-0.2, 0) is 16.1 Å². The maximum Gasteiger partial charge on any atom is 0.254 e. The smallest absolute Gasteiger partial charge is 0.254 e. The van der Waals surface area contributed by atoms with Crippen molar-refractivity contribution in [2.24, 2.45) is 0 Å². The van der Waals surface area contributed by atoms with Crippen LogP contribution in [0.5, 0.6) is 0 Å². The van der Waals surface area contributed by atoms with Crippen molar-refractivity contribution in [2.45, 2.75) is 51.4 Å². The molecule has 0 aliphatic carbocycles. The van der Waals surface area contributed by atoms with Gasteiger partial charge in [0.05, 0.1) is 5.60 Å². The van der Waals surface area contributed by atoms with Crippen molar-refractivity contribution in [1.29, 1.82) is 0 Å². The molecule has 2 heterocycles. The lowest BCUT2D eigenvalue weighted by molar-refractivity contribution is -0.216.